The van der Waals surface area contributed by atoms with Gasteiger partial charge in [-0.05, 0) is 42.5 Å². The summed E-state index contributed by atoms with van der Waals surface area (Å²) in [5.41, 5.74) is 4.26. The highest BCUT2D eigenvalue weighted by atomic mass is 16.5. The van der Waals surface area contributed by atoms with E-state index in [1.807, 2.05) is 6.26 Å². The number of anilines is 1. The number of nitrogens with one attached hydrogen (secondary N) is 1. The average Bonchev–Trinajstić information content (AvgIpc) is 2.80. The van der Waals surface area contributed by atoms with E-state index in [1.165, 1.54) is 41.8 Å². The lowest BCUT2D eigenvalue weighted by molar-refractivity contribution is 0.283. The highest BCUT2D eigenvalue weighted by molar-refractivity contribution is 5.66. The molecule has 2 heteroatoms. The van der Waals surface area contributed by atoms with Crippen LogP contribution in [0.25, 0.3) is 0 Å². The maximum Gasteiger partial charge on any atom is 0.104 e. The first-order valence-electron chi connectivity index (χ1n) is 6.80. The summed E-state index contributed by atoms with van der Waals surface area (Å²) in [6.45, 7) is 0.977. The third-order valence-electron chi connectivity index (χ3n) is 4.48. The molecule has 2 aliphatic heterocycles. The molecule has 0 fully saturated rings. The summed E-state index contributed by atoms with van der Waals surface area (Å²) in [5.74, 6) is 1.22. The zero-order valence-corrected chi connectivity index (χ0v) is 10.4. The Labute approximate surface area is 107 Å². The summed E-state index contributed by atoms with van der Waals surface area (Å²) < 4.78 is 5.75. The van der Waals surface area contributed by atoms with E-state index < -0.39 is 0 Å². The van der Waals surface area contributed by atoms with E-state index in [0.717, 1.165) is 13.0 Å². The van der Waals surface area contributed by atoms with E-state index in [1.54, 1.807) is 0 Å². The predicted molar refractivity (Wildman–Crippen MR) is 72.3 cm³/mol. The largest absolute Gasteiger partial charge is 0.470 e. The van der Waals surface area contributed by atoms with Gasteiger partial charge in [0, 0.05) is 18.7 Å². The molecule has 2 nitrogen and oxygen atoms in total. The monoisotopic (exact) mass is 239 g/mol. The van der Waals surface area contributed by atoms with Crippen LogP contribution in [0, 0.1) is 0 Å². The molecule has 92 valence electrons. The van der Waals surface area contributed by atoms with Crippen LogP contribution in [-0.2, 0) is 10.2 Å². The molecule has 18 heavy (non-hydrogen) atoms. The Morgan fingerprint density at radius 2 is 2.00 bits per heavy atom. The second-order valence-electron chi connectivity index (χ2n) is 5.40. The number of hydrogen-bond acceptors (Lipinski definition) is 2. The fourth-order valence-corrected chi connectivity index (χ4v) is 3.59. The van der Waals surface area contributed by atoms with Gasteiger partial charge in [-0.2, -0.15) is 0 Å². The number of ether oxygens (including phenoxy) is 1. The third-order valence-corrected chi connectivity index (χ3v) is 4.48. The highest BCUT2D eigenvalue weighted by Gasteiger charge is 2.43. The fraction of sp³-hybridized carbons (Fsp3) is 0.375. The first-order chi connectivity index (χ1) is 8.90. The molecule has 0 aromatic heterocycles. The summed E-state index contributed by atoms with van der Waals surface area (Å²) in [7, 11) is 0. The van der Waals surface area contributed by atoms with Crippen molar-refractivity contribution in [2.45, 2.75) is 31.1 Å². The second-order valence-corrected chi connectivity index (χ2v) is 5.40. The summed E-state index contributed by atoms with van der Waals surface area (Å²) in [5, 5.41) is 3.55. The molecule has 0 amide bonds. The molecule has 1 aliphatic carbocycles. The molecule has 4 rings (SSSR count). The first-order valence-corrected chi connectivity index (χ1v) is 6.80. The zero-order valence-electron chi connectivity index (χ0n) is 10.4. The molecule has 1 aromatic carbocycles. The van der Waals surface area contributed by atoms with E-state index in [0.29, 0.717) is 0 Å². The Morgan fingerprint density at radius 3 is 3.00 bits per heavy atom. The van der Waals surface area contributed by atoms with Crippen molar-refractivity contribution in [3.05, 3.63) is 53.5 Å². The fourth-order valence-electron chi connectivity index (χ4n) is 3.59. The van der Waals surface area contributed by atoms with E-state index in [9.17, 15) is 0 Å². The summed E-state index contributed by atoms with van der Waals surface area (Å²) in [4.78, 5) is 0. The maximum atomic E-state index is 5.75. The molecule has 1 atom stereocenters. The summed E-state index contributed by atoms with van der Waals surface area (Å²) in [6, 6.07) is 8.67. The van der Waals surface area contributed by atoms with Gasteiger partial charge in [0.05, 0.1) is 11.7 Å². The van der Waals surface area contributed by atoms with Crippen LogP contribution in [0.3, 0.4) is 0 Å². The van der Waals surface area contributed by atoms with E-state index in [2.05, 4.69) is 35.7 Å². The quantitative estimate of drug-likeness (QED) is 0.745. The number of rotatable bonds is 0. The molecule has 1 spiro atoms. The molecule has 0 saturated carbocycles. The van der Waals surface area contributed by atoms with Gasteiger partial charge in [0.2, 0.25) is 0 Å². The number of fused-ring (bicyclic) bond motifs is 3. The van der Waals surface area contributed by atoms with Crippen LogP contribution >= 0.6 is 0 Å². The van der Waals surface area contributed by atoms with Gasteiger partial charge in [-0.1, -0.05) is 18.2 Å². The van der Waals surface area contributed by atoms with Crippen LogP contribution in [0.1, 0.15) is 31.2 Å². The molecular weight excluding hydrogens is 222 g/mol. The van der Waals surface area contributed by atoms with Crippen LogP contribution in [0.15, 0.2) is 47.9 Å². The molecule has 1 aromatic rings. The average molecular weight is 239 g/mol. The van der Waals surface area contributed by atoms with Gasteiger partial charge in [0.1, 0.15) is 5.76 Å². The van der Waals surface area contributed by atoms with Crippen molar-refractivity contribution in [2.75, 3.05) is 11.9 Å². The lowest BCUT2D eigenvalue weighted by atomic mass is 9.70. The van der Waals surface area contributed by atoms with Gasteiger partial charge in [-0.25, -0.2) is 0 Å². The van der Waals surface area contributed by atoms with Gasteiger partial charge in [0.15, 0.2) is 0 Å². The molecule has 2 heterocycles. The summed E-state index contributed by atoms with van der Waals surface area (Å²) in [6.07, 6.45) is 8.97. The second kappa shape index (κ2) is 3.64. The Bertz CT molecular complexity index is 558. The van der Waals surface area contributed by atoms with Gasteiger partial charge in [-0.15, -0.1) is 0 Å². The number of para-hydroxylation sites is 1. The van der Waals surface area contributed by atoms with Crippen molar-refractivity contribution in [3.63, 3.8) is 0 Å². The Kier molecular flexibility index (Phi) is 2.07. The van der Waals surface area contributed by atoms with E-state index in [4.69, 9.17) is 4.74 Å². The van der Waals surface area contributed by atoms with Gasteiger partial charge < -0.3 is 10.1 Å². The van der Waals surface area contributed by atoms with Crippen molar-refractivity contribution in [3.8, 4) is 0 Å². The minimum atomic E-state index is 0.0601. The van der Waals surface area contributed by atoms with Gasteiger partial charge >= 0.3 is 0 Å². The van der Waals surface area contributed by atoms with Crippen LogP contribution in [0.2, 0.25) is 0 Å². The number of allylic oxidation sites excluding steroid dienone is 1. The Morgan fingerprint density at radius 1 is 1.11 bits per heavy atom. The molecule has 3 aliphatic rings. The van der Waals surface area contributed by atoms with Gasteiger partial charge in [0.25, 0.3) is 0 Å². The first kappa shape index (κ1) is 10.2. The van der Waals surface area contributed by atoms with Crippen molar-refractivity contribution >= 4 is 5.69 Å². The van der Waals surface area contributed by atoms with Gasteiger partial charge in [-0.3, -0.25) is 0 Å². The SMILES string of the molecule is C1=CC2(CNc3ccccc32)C2=C(CCCC2)O1. The minimum Gasteiger partial charge on any atom is -0.470 e. The number of hydrogen-bond donors (Lipinski definition) is 1. The standard InChI is InChI=1S/C16H17NO/c1-3-7-14-12(5-1)16(11-17-14)9-10-18-15-8-4-2-6-13(15)16/h1,3,5,7,9-10,17H,2,4,6,8,11H2. The molecule has 0 radical (unpaired) electrons. The Hall–Kier alpha value is -1.70. The Balaban J connectivity index is 1.91. The van der Waals surface area contributed by atoms with E-state index in [-0.39, 0.29) is 5.41 Å². The maximum absolute atomic E-state index is 5.75. The lowest BCUT2D eigenvalue weighted by Gasteiger charge is -2.36. The van der Waals surface area contributed by atoms with Crippen molar-refractivity contribution in [1.82, 2.24) is 0 Å². The lowest BCUT2D eigenvalue weighted by Crippen LogP contribution is -2.33. The third kappa shape index (κ3) is 1.23. The van der Waals surface area contributed by atoms with Crippen LogP contribution in [0.4, 0.5) is 5.69 Å². The summed E-state index contributed by atoms with van der Waals surface area (Å²) >= 11 is 0. The topological polar surface area (TPSA) is 21.3 Å². The van der Waals surface area contributed by atoms with E-state index >= 15 is 0 Å². The molecule has 1 unspecified atom stereocenters. The minimum absolute atomic E-state index is 0.0601. The molecule has 0 bridgehead atoms. The number of benzene rings is 1. The molecular formula is C16H17NO. The normalized spacial score (nSPS) is 28.7. The van der Waals surface area contributed by atoms with Crippen LogP contribution in [0.5, 0.6) is 0 Å². The zero-order chi connectivity index (χ0) is 12.0. The van der Waals surface area contributed by atoms with Crippen molar-refractivity contribution in [1.29, 1.82) is 0 Å². The van der Waals surface area contributed by atoms with Crippen molar-refractivity contribution in [2.24, 2.45) is 0 Å². The molecule has 1 N–H and O–H groups in total. The highest BCUT2D eigenvalue weighted by Crippen LogP contribution is 2.49. The molecule has 0 saturated heterocycles. The van der Waals surface area contributed by atoms with Crippen LogP contribution < -0.4 is 5.32 Å². The van der Waals surface area contributed by atoms with Crippen LogP contribution in [-0.4, -0.2) is 6.54 Å². The van der Waals surface area contributed by atoms with Crippen molar-refractivity contribution < 1.29 is 4.74 Å². The smallest absolute Gasteiger partial charge is 0.104 e. The predicted octanol–water partition coefficient (Wildman–Crippen LogP) is 3.72.